The van der Waals surface area contributed by atoms with Crippen molar-refractivity contribution in [2.75, 3.05) is 0 Å². The van der Waals surface area contributed by atoms with E-state index in [1.807, 2.05) is 60.7 Å². The monoisotopic (exact) mass is 369 g/mol. The highest BCUT2D eigenvalue weighted by Crippen LogP contribution is 2.36. The first-order valence-corrected chi connectivity index (χ1v) is 8.63. The Morgan fingerprint density at radius 2 is 1.50 bits per heavy atom. The maximum atomic E-state index is 12.0. The highest BCUT2D eigenvalue weighted by molar-refractivity contribution is 5.94. The van der Waals surface area contributed by atoms with Crippen LogP contribution in [-0.4, -0.2) is 21.0 Å². The molecule has 0 aliphatic carbocycles. The van der Waals surface area contributed by atoms with E-state index in [9.17, 15) is 14.9 Å². The van der Waals surface area contributed by atoms with Gasteiger partial charge in [0.1, 0.15) is 11.4 Å². The molecule has 0 aliphatic heterocycles. The van der Waals surface area contributed by atoms with Crippen molar-refractivity contribution >= 4 is 12.0 Å². The Morgan fingerprint density at radius 1 is 0.857 bits per heavy atom. The summed E-state index contributed by atoms with van der Waals surface area (Å²) in [6.45, 7) is 0. The van der Waals surface area contributed by atoms with E-state index < -0.39 is 4.92 Å². The molecule has 0 radical (unpaired) electrons. The number of non-ortho nitro benzene ring substituents is 1. The van der Waals surface area contributed by atoms with Gasteiger partial charge >= 0.3 is 0 Å². The van der Waals surface area contributed by atoms with Crippen molar-refractivity contribution < 1.29 is 9.72 Å². The highest BCUT2D eigenvalue weighted by atomic mass is 16.6. The lowest BCUT2D eigenvalue weighted by Gasteiger charge is -2.05. The van der Waals surface area contributed by atoms with Gasteiger partial charge in [-0.05, 0) is 17.7 Å². The zero-order valence-electron chi connectivity index (χ0n) is 14.7. The van der Waals surface area contributed by atoms with E-state index in [0.717, 1.165) is 17.5 Å². The van der Waals surface area contributed by atoms with Crippen LogP contribution in [0.15, 0.2) is 84.9 Å². The Morgan fingerprint density at radius 3 is 2.14 bits per heavy atom. The summed E-state index contributed by atoms with van der Waals surface area (Å²) in [6, 6.07) is 25.0. The van der Waals surface area contributed by atoms with Crippen molar-refractivity contribution in [3.8, 4) is 28.1 Å². The van der Waals surface area contributed by atoms with E-state index >= 15 is 0 Å². The first-order chi connectivity index (χ1) is 13.7. The summed E-state index contributed by atoms with van der Waals surface area (Å²) in [7, 11) is 0. The minimum atomic E-state index is -0.444. The molecule has 1 aromatic heterocycles. The normalized spacial score (nSPS) is 10.6. The standard InChI is InChI=1S/C22H15N3O3/c26-15-20-21(16-8-3-1-4-9-16)22(17-10-7-13-19(14-17)25(27)28)23-24(20)18-11-5-2-6-12-18/h1-15H. The lowest BCUT2D eigenvalue weighted by molar-refractivity contribution is -0.384. The topological polar surface area (TPSA) is 78.0 Å². The quantitative estimate of drug-likeness (QED) is 0.284. The molecule has 3 aromatic carbocycles. The molecule has 0 aliphatic rings. The van der Waals surface area contributed by atoms with Gasteiger partial charge in [0.15, 0.2) is 6.29 Å². The van der Waals surface area contributed by atoms with Gasteiger partial charge in [0, 0.05) is 23.3 Å². The second-order valence-corrected chi connectivity index (χ2v) is 6.15. The third kappa shape index (κ3) is 3.07. The summed E-state index contributed by atoms with van der Waals surface area (Å²) < 4.78 is 1.57. The lowest BCUT2D eigenvalue weighted by Crippen LogP contribution is -2.01. The van der Waals surface area contributed by atoms with E-state index in [-0.39, 0.29) is 5.69 Å². The number of benzene rings is 3. The number of aromatic nitrogens is 2. The number of hydrogen-bond acceptors (Lipinski definition) is 4. The molecule has 4 aromatic rings. The van der Waals surface area contributed by atoms with Crippen LogP contribution in [0.5, 0.6) is 0 Å². The van der Waals surface area contributed by atoms with Crippen molar-refractivity contribution in [3.63, 3.8) is 0 Å². The number of hydrogen-bond donors (Lipinski definition) is 0. The number of carbonyl (C=O) groups is 1. The molecule has 1 heterocycles. The summed E-state index contributed by atoms with van der Waals surface area (Å²) >= 11 is 0. The summed E-state index contributed by atoms with van der Waals surface area (Å²) in [5.74, 6) is 0. The van der Waals surface area contributed by atoms with Gasteiger partial charge in [0.05, 0.1) is 10.6 Å². The van der Waals surface area contributed by atoms with Crippen molar-refractivity contribution in [2.24, 2.45) is 0 Å². The highest BCUT2D eigenvalue weighted by Gasteiger charge is 2.22. The minimum absolute atomic E-state index is 0.0292. The molecular formula is C22H15N3O3. The first kappa shape index (κ1) is 17.4. The summed E-state index contributed by atoms with van der Waals surface area (Å²) in [6.07, 6.45) is 0.767. The number of carbonyl (C=O) groups excluding carboxylic acids is 1. The van der Waals surface area contributed by atoms with Crippen LogP contribution in [0.2, 0.25) is 0 Å². The number of para-hydroxylation sites is 1. The summed E-state index contributed by atoms with van der Waals surface area (Å²) in [5, 5.41) is 15.9. The van der Waals surface area contributed by atoms with Crippen molar-refractivity contribution in [3.05, 3.63) is 101 Å². The van der Waals surface area contributed by atoms with Gasteiger partial charge in [-0.15, -0.1) is 0 Å². The van der Waals surface area contributed by atoms with Gasteiger partial charge in [-0.1, -0.05) is 60.7 Å². The molecule has 0 saturated heterocycles. The van der Waals surface area contributed by atoms with Crippen molar-refractivity contribution in [1.29, 1.82) is 0 Å². The minimum Gasteiger partial charge on any atom is -0.296 e. The van der Waals surface area contributed by atoms with Gasteiger partial charge in [0.25, 0.3) is 5.69 Å². The second-order valence-electron chi connectivity index (χ2n) is 6.15. The van der Waals surface area contributed by atoms with Gasteiger partial charge in [0.2, 0.25) is 0 Å². The Bertz CT molecular complexity index is 1150. The smallest absolute Gasteiger partial charge is 0.270 e. The predicted molar refractivity (Wildman–Crippen MR) is 106 cm³/mol. The summed E-state index contributed by atoms with van der Waals surface area (Å²) in [5.41, 5.74) is 3.63. The predicted octanol–water partition coefficient (Wildman–Crippen LogP) is 4.93. The molecule has 0 fully saturated rings. The van der Waals surface area contributed by atoms with Crippen molar-refractivity contribution in [1.82, 2.24) is 9.78 Å². The second kappa shape index (κ2) is 7.28. The molecule has 0 saturated carbocycles. The average molecular weight is 369 g/mol. The zero-order valence-corrected chi connectivity index (χ0v) is 14.7. The molecule has 0 N–H and O–H groups in total. The third-order valence-corrected chi connectivity index (χ3v) is 4.43. The molecule has 28 heavy (non-hydrogen) atoms. The largest absolute Gasteiger partial charge is 0.296 e. The first-order valence-electron chi connectivity index (χ1n) is 8.63. The van der Waals surface area contributed by atoms with Crippen LogP contribution in [-0.2, 0) is 0 Å². The van der Waals surface area contributed by atoms with Gasteiger partial charge in [-0.3, -0.25) is 14.9 Å². The van der Waals surface area contributed by atoms with Crippen LogP contribution >= 0.6 is 0 Å². The van der Waals surface area contributed by atoms with E-state index in [4.69, 9.17) is 0 Å². The summed E-state index contributed by atoms with van der Waals surface area (Å²) in [4.78, 5) is 22.8. The molecule has 6 heteroatoms. The molecule has 4 rings (SSSR count). The van der Waals surface area contributed by atoms with Crippen LogP contribution in [0.25, 0.3) is 28.1 Å². The van der Waals surface area contributed by atoms with E-state index in [2.05, 4.69) is 5.10 Å². The Hall–Kier alpha value is -4.06. The van der Waals surface area contributed by atoms with E-state index in [1.165, 1.54) is 12.1 Å². The third-order valence-electron chi connectivity index (χ3n) is 4.43. The Kier molecular flexibility index (Phi) is 4.51. The fourth-order valence-corrected chi connectivity index (χ4v) is 3.16. The molecule has 136 valence electrons. The number of nitro groups is 1. The number of aldehydes is 1. The Balaban J connectivity index is 2.03. The SMILES string of the molecule is O=Cc1c(-c2ccccc2)c(-c2cccc([N+](=O)[O-])c2)nn1-c1ccccc1. The molecule has 0 spiro atoms. The number of rotatable bonds is 5. The maximum absolute atomic E-state index is 12.0. The molecule has 6 nitrogen and oxygen atoms in total. The van der Waals surface area contributed by atoms with Crippen LogP contribution < -0.4 is 0 Å². The van der Waals surface area contributed by atoms with E-state index in [0.29, 0.717) is 22.5 Å². The average Bonchev–Trinajstić information content (AvgIpc) is 3.15. The van der Waals surface area contributed by atoms with Crippen LogP contribution in [0, 0.1) is 10.1 Å². The van der Waals surface area contributed by atoms with Crippen LogP contribution in [0.4, 0.5) is 5.69 Å². The fourth-order valence-electron chi connectivity index (χ4n) is 3.16. The Labute approximate surface area is 160 Å². The van der Waals surface area contributed by atoms with Gasteiger partial charge in [-0.25, -0.2) is 4.68 Å². The van der Waals surface area contributed by atoms with Gasteiger partial charge < -0.3 is 0 Å². The fraction of sp³-hybridized carbons (Fsp3) is 0. The molecule has 0 unspecified atom stereocenters. The van der Waals surface area contributed by atoms with E-state index in [1.54, 1.807) is 16.8 Å². The lowest BCUT2D eigenvalue weighted by atomic mass is 9.99. The molecule has 0 atom stereocenters. The molecule has 0 bridgehead atoms. The molecule has 0 amide bonds. The van der Waals surface area contributed by atoms with Gasteiger partial charge in [-0.2, -0.15) is 5.10 Å². The zero-order chi connectivity index (χ0) is 19.5. The van der Waals surface area contributed by atoms with Crippen LogP contribution in [0.3, 0.4) is 0 Å². The molecular weight excluding hydrogens is 354 g/mol. The maximum Gasteiger partial charge on any atom is 0.270 e. The van der Waals surface area contributed by atoms with Crippen molar-refractivity contribution in [2.45, 2.75) is 0 Å². The van der Waals surface area contributed by atoms with Crippen LogP contribution in [0.1, 0.15) is 10.5 Å². The number of nitrogens with zero attached hydrogens (tertiary/aromatic N) is 3. The number of nitro benzene ring substituents is 1.